The third-order valence-corrected chi connectivity index (χ3v) is 1.56. The Kier molecular flexibility index (Phi) is 1.53. The molecule has 0 aromatic carbocycles. The summed E-state index contributed by atoms with van der Waals surface area (Å²) in [6.07, 6.45) is 4.90. The molecule has 0 aliphatic carbocycles. The molecule has 1 aliphatic heterocycles. The molecule has 1 atom stereocenters. The molecular formula is C8H10O2. The number of ether oxygens (including phenoxy) is 1. The highest BCUT2D eigenvalue weighted by Gasteiger charge is 2.52. The van der Waals surface area contributed by atoms with Gasteiger partial charge in [0.25, 0.3) is 0 Å². The van der Waals surface area contributed by atoms with Crippen LogP contribution in [0, 0.1) is 12.3 Å². The van der Waals surface area contributed by atoms with Gasteiger partial charge in [-0.05, 0) is 13.8 Å². The second kappa shape index (κ2) is 2.10. The maximum Gasteiger partial charge on any atom is 0.176 e. The Labute approximate surface area is 60.6 Å². The quantitative estimate of drug-likeness (QED) is 0.416. The van der Waals surface area contributed by atoms with Gasteiger partial charge in [0, 0.05) is 0 Å². The van der Waals surface area contributed by atoms with Crippen LogP contribution in [0.3, 0.4) is 0 Å². The van der Waals surface area contributed by atoms with Gasteiger partial charge in [0.2, 0.25) is 0 Å². The molecular weight excluding hydrogens is 128 g/mol. The Balaban J connectivity index is 2.42. The summed E-state index contributed by atoms with van der Waals surface area (Å²) >= 11 is 0. The lowest BCUT2D eigenvalue weighted by Crippen LogP contribution is -2.13. The van der Waals surface area contributed by atoms with Gasteiger partial charge in [-0.3, -0.25) is 4.79 Å². The van der Waals surface area contributed by atoms with Crippen molar-refractivity contribution in [2.75, 3.05) is 0 Å². The highest BCUT2D eigenvalue weighted by atomic mass is 16.6. The van der Waals surface area contributed by atoms with Crippen LogP contribution in [0.4, 0.5) is 0 Å². The van der Waals surface area contributed by atoms with Gasteiger partial charge in [0.1, 0.15) is 6.10 Å². The van der Waals surface area contributed by atoms with Crippen molar-refractivity contribution in [3.63, 3.8) is 0 Å². The van der Waals surface area contributed by atoms with Crippen LogP contribution in [-0.4, -0.2) is 17.5 Å². The average molecular weight is 138 g/mol. The normalized spacial score (nSPS) is 27.1. The van der Waals surface area contributed by atoms with E-state index in [1.54, 1.807) is 0 Å². The topological polar surface area (TPSA) is 29.6 Å². The first-order valence-electron chi connectivity index (χ1n) is 3.22. The van der Waals surface area contributed by atoms with E-state index in [-0.39, 0.29) is 23.9 Å². The lowest BCUT2D eigenvalue weighted by molar-refractivity contribution is -0.119. The Morgan fingerprint density at radius 2 is 2.30 bits per heavy atom. The number of hydrogen-bond acceptors (Lipinski definition) is 2. The summed E-state index contributed by atoms with van der Waals surface area (Å²) < 4.78 is 5.07. The zero-order valence-electron chi connectivity index (χ0n) is 6.18. The van der Waals surface area contributed by atoms with Gasteiger partial charge in [-0.25, -0.2) is 0 Å². The Hall–Kier alpha value is -0.810. The van der Waals surface area contributed by atoms with E-state index < -0.39 is 0 Å². The van der Waals surface area contributed by atoms with E-state index in [1.807, 2.05) is 13.8 Å². The molecule has 54 valence electrons. The maximum absolute atomic E-state index is 11.0. The van der Waals surface area contributed by atoms with Crippen molar-refractivity contribution in [3.8, 4) is 12.3 Å². The second-order valence-corrected chi connectivity index (χ2v) is 2.95. The molecule has 1 heterocycles. The zero-order chi connectivity index (χ0) is 7.78. The summed E-state index contributed by atoms with van der Waals surface area (Å²) in [5.74, 6) is 2.32. The standard InChI is InChI=1S/C8H10O2/c1-4-5-6(9)7-8(2,3)10-7/h1,7H,5H2,2-3H3. The van der Waals surface area contributed by atoms with Crippen LogP contribution in [0.15, 0.2) is 0 Å². The Morgan fingerprint density at radius 3 is 2.60 bits per heavy atom. The third-order valence-electron chi connectivity index (χ3n) is 1.56. The first-order valence-corrected chi connectivity index (χ1v) is 3.22. The molecule has 2 heteroatoms. The Bertz CT molecular complexity index is 198. The summed E-state index contributed by atoms with van der Waals surface area (Å²) in [6, 6.07) is 0. The SMILES string of the molecule is C#CCC(=O)C1OC1(C)C. The van der Waals surface area contributed by atoms with Gasteiger partial charge >= 0.3 is 0 Å². The highest BCUT2D eigenvalue weighted by molar-refractivity contribution is 5.88. The van der Waals surface area contributed by atoms with E-state index in [1.165, 1.54) is 0 Å². The fourth-order valence-corrected chi connectivity index (χ4v) is 0.916. The number of epoxide rings is 1. The average Bonchev–Trinajstić information content (AvgIpc) is 2.41. The molecule has 1 fully saturated rings. The van der Waals surface area contributed by atoms with E-state index in [0.29, 0.717) is 0 Å². The van der Waals surface area contributed by atoms with Crippen molar-refractivity contribution in [1.29, 1.82) is 0 Å². The van der Waals surface area contributed by atoms with E-state index in [0.717, 1.165) is 0 Å². The molecule has 0 saturated carbocycles. The minimum absolute atomic E-state index is 0.0208. The van der Waals surface area contributed by atoms with Crippen LogP contribution >= 0.6 is 0 Å². The number of carbonyl (C=O) groups is 1. The molecule has 1 saturated heterocycles. The molecule has 0 radical (unpaired) electrons. The fraction of sp³-hybridized carbons (Fsp3) is 0.625. The van der Waals surface area contributed by atoms with Gasteiger partial charge in [0.15, 0.2) is 5.78 Å². The van der Waals surface area contributed by atoms with Crippen molar-refractivity contribution in [2.45, 2.75) is 32.0 Å². The monoisotopic (exact) mass is 138 g/mol. The van der Waals surface area contributed by atoms with Crippen LogP contribution in [0.2, 0.25) is 0 Å². The van der Waals surface area contributed by atoms with Gasteiger partial charge in [0.05, 0.1) is 12.0 Å². The summed E-state index contributed by atoms with van der Waals surface area (Å²) in [6.45, 7) is 3.76. The lowest BCUT2D eigenvalue weighted by atomic mass is 10.1. The molecule has 0 amide bonds. The molecule has 10 heavy (non-hydrogen) atoms. The summed E-state index contributed by atoms with van der Waals surface area (Å²) in [7, 11) is 0. The molecule has 1 aliphatic rings. The molecule has 0 bridgehead atoms. The van der Waals surface area contributed by atoms with Crippen molar-refractivity contribution in [3.05, 3.63) is 0 Å². The molecule has 1 unspecified atom stereocenters. The maximum atomic E-state index is 11.0. The van der Waals surface area contributed by atoms with Crippen molar-refractivity contribution in [1.82, 2.24) is 0 Å². The van der Waals surface area contributed by atoms with Gasteiger partial charge < -0.3 is 4.74 Å². The lowest BCUT2D eigenvalue weighted by Gasteiger charge is -1.90. The highest BCUT2D eigenvalue weighted by Crippen LogP contribution is 2.36. The predicted molar refractivity (Wildman–Crippen MR) is 37.4 cm³/mol. The minimum Gasteiger partial charge on any atom is -0.358 e. The summed E-state index contributed by atoms with van der Waals surface area (Å²) in [5.41, 5.74) is -0.256. The summed E-state index contributed by atoms with van der Waals surface area (Å²) in [5, 5.41) is 0. The number of Topliss-reactive ketones (excluding diaryl/α,β-unsaturated/α-hetero) is 1. The fourth-order valence-electron chi connectivity index (χ4n) is 0.916. The van der Waals surface area contributed by atoms with Crippen LogP contribution in [0.25, 0.3) is 0 Å². The molecule has 1 rings (SSSR count). The van der Waals surface area contributed by atoms with Crippen LogP contribution in [0.5, 0.6) is 0 Å². The molecule has 0 N–H and O–H groups in total. The first kappa shape index (κ1) is 7.30. The zero-order valence-corrected chi connectivity index (χ0v) is 6.18. The van der Waals surface area contributed by atoms with E-state index >= 15 is 0 Å². The first-order chi connectivity index (χ1) is 4.58. The van der Waals surface area contributed by atoms with E-state index in [9.17, 15) is 4.79 Å². The largest absolute Gasteiger partial charge is 0.358 e. The molecule has 0 aromatic rings. The summed E-state index contributed by atoms with van der Waals surface area (Å²) in [4.78, 5) is 11.0. The molecule has 0 aromatic heterocycles. The number of hydrogen-bond donors (Lipinski definition) is 0. The van der Waals surface area contributed by atoms with Crippen molar-refractivity contribution in [2.24, 2.45) is 0 Å². The number of rotatable bonds is 2. The third kappa shape index (κ3) is 1.19. The minimum atomic E-state index is -0.256. The smallest absolute Gasteiger partial charge is 0.176 e. The van der Waals surface area contributed by atoms with Gasteiger partial charge in [-0.1, -0.05) is 5.92 Å². The van der Waals surface area contributed by atoms with Crippen molar-refractivity contribution < 1.29 is 9.53 Å². The van der Waals surface area contributed by atoms with Crippen LogP contribution < -0.4 is 0 Å². The number of carbonyl (C=O) groups excluding carboxylic acids is 1. The number of ketones is 1. The van der Waals surface area contributed by atoms with Gasteiger partial charge in [-0.2, -0.15) is 0 Å². The predicted octanol–water partition coefficient (Wildman–Crippen LogP) is 0.756. The van der Waals surface area contributed by atoms with E-state index in [2.05, 4.69) is 5.92 Å². The van der Waals surface area contributed by atoms with Crippen molar-refractivity contribution >= 4 is 5.78 Å². The van der Waals surface area contributed by atoms with Crippen LogP contribution in [-0.2, 0) is 9.53 Å². The van der Waals surface area contributed by atoms with E-state index in [4.69, 9.17) is 11.2 Å². The molecule has 2 nitrogen and oxygen atoms in total. The van der Waals surface area contributed by atoms with Gasteiger partial charge in [-0.15, -0.1) is 6.42 Å². The number of terminal acetylenes is 1. The second-order valence-electron chi connectivity index (χ2n) is 2.95. The molecule has 0 spiro atoms. The Morgan fingerprint density at radius 1 is 1.80 bits per heavy atom. The van der Waals surface area contributed by atoms with Crippen LogP contribution in [0.1, 0.15) is 20.3 Å².